The first-order valence-electron chi connectivity index (χ1n) is 9.28. The van der Waals surface area contributed by atoms with E-state index in [0.29, 0.717) is 30.2 Å². The van der Waals surface area contributed by atoms with Gasteiger partial charge in [-0.1, -0.05) is 29.4 Å². The van der Waals surface area contributed by atoms with Crippen molar-refractivity contribution < 1.29 is 14.1 Å². The van der Waals surface area contributed by atoms with Crippen molar-refractivity contribution in [3.63, 3.8) is 0 Å². The van der Waals surface area contributed by atoms with E-state index in [1.807, 2.05) is 55.6 Å². The van der Waals surface area contributed by atoms with Gasteiger partial charge in [-0.05, 0) is 43.8 Å². The zero-order valence-corrected chi connectivity index (χ0v) is 17.0. The van der Waals surface area contributed by atoms with Crippen molar-refractivity contribution in [1.29, 1.82) is 0 Å². The number of likely N-dealkylation sites (N-methyl/N-ethyl adjacent to an activating group) is 1. The number of rotatable bonds is 6. The van der Waals surface area contributed by atoms with Crippen LogP contribution < -0.4 is 15.4 Å². The first kappa shape index (κ1) is 20.8. The van der Waals surface area contributed by atoms with E-state index in [4.69, 9.17) is 9.26 Å². The minimum Gasteiger partial charge on any atom is -0.480 e. The predicted molar refractivity (Wildman–Crippen MR) is 112 cm³/mol. The maximum atomic E-state index is 12.6. The summed E-state index contributed by atoms with van der Waals surface area (Å²) in [5.74, 6) is 1.66. The number of ether oxygens (including phenoxy) is 1. The van der Waals surface area contributed by atoms with Crippen LogP contribution in [0.2, 0.25) is 0 Å². The molecule has 2 unspecified atom stereocenters. The van der Waals surface area contributed by atoms with Crippen molar-refractivity contribution in [2.24, 2.45) is 0 Å². The molecule has 7 nitrogen and oxygen atoms in total. The summed E-state index contributed by atoms with van der Waals surface area (Å²) in [5.41, 5.74) is 2.46. The van der Waals surface area contributed by atoms with E-state index >= 15 is 0 Å². The van der Waals surface area contributed by atoms with Gasteiger partial charge in [-0.15, -0.1) is 12.4 Å². The van der Waals surface area contributed by atoms with E-state index in [2.05, 4.69) is 27.7 Å². The third kappa shape index (κ3) is 4.75. The van der Waals surface area contributed by atoms with E-state index in [0.717, 1.165) is 16.9 Å². The molecule has 2 N–H and O–H groups in total. The average molecular weight is 415 g/mol. The lowest BCUT2D eigenvalue weighted by Gasteiger charge is -2.11. The molecule has 2 atom stereocenters. The fourth-order valence-corrected chi connectivity index (χ4v) is 3.11. The van der Waals surface area contributed by atoms with E-state index in [-0.39, 0.29) is 24.4 Å². The molecule has 0 radical (unpaired) electrons. The number of para-hydroxylation sites is 1. The molecular weight excluding hydrogens is 392 g/mol. The third-order valence-electron chi connectivity index (χ3n) is 4.77. The number of aromatic nitrogens is 2. The lowest BCUT2D eigenvalue weighted by molar-refractivity contribution is -0.122. The van der Waals surface area contributed by atoms with Gasteiger partial charge in [0.1, 0.15) is 5.75 Å². The number of carbonyl (C=O) groups excluding carboxylic acids is 1. The second-order valence-corrected chi connectivity index (χ2v) is 6.90. The van der Waals surface area contributed by atoms with Crippen molar-refractivity contribution in [3.8, 4) is 17.2 Å². The molecule has 0 aliphatic carbocycles. The summed E-state index contributed by atoms with van der Waals surface area (Å²) in [6.07, 6.45) is 0.716. The summed E-state index contributed by atoms with van der Waals surface area (Å²) < 4.78 is 11.1. The van der Waals surface area contributed by atoms with Crippen LogP contribution in [0.25, 0.3) is 11.5 Å². The van der Waals surface area contributed by atoms with Crippen molar-refractivity contribution in [1.82, 2.24) is 15.5 Å². The topological polar surface area (TPSA) is 89.3 Å². The molecule has 1 aliphatic rings. The summed E-state index contributed by atoms with van der Waals surface area (Å²) in [6.45, 7) is 2.05. The van der Waals surface area contributed by atoms with Gasteiger partial charge in [0.15, 0.2) is 11.9 Å². The van der Waals surface area contributed by atoms with Crippen LogP contribution in [0.4, 0.5) is 5.69 Å². The number of hydrogen-bond acceptors (Lipinski definition) is 6. The maximum absolute atomic E-state index is 12.6. The van der Waals surface area contributed by atoms with Crippen LogP contribution in [0.5, 0.6) is 5.75 Å². The van der Waals surface area contributed by atoms with E-state index < -0.39 is 6.10 Å². The van der Waals surface area contributed by atoms with Gasteiger partial charge in [0.05, 0.1) is 0 Å². The molecule has 29 heavy (non-hydrogen) atoms. The second-order valence-electron chi connectivity index (χ2n) is 6.90. The summed E-state index contributed by atoms with van der Waals surface area (Å²) in [7, 11) is 1.89. The van der Waals surface area contributed by atoms with Gasteiger partial charge in [-0.2, -0.15) is 4.98 Å². The van der Waals surface area contributed by atoms with Crippen LogP contribution in [0, 0.1) is 0 Å². The SMILES string of the molecule is CNC(C)Cc1noc(-c2cccc(NC(=O)C3Cc4ccccc4O3)c2)n1.Cl. The number of benzene rings is 2. The Bertz CT molecular complexity index is 966. The zero-order chi connectivity index (χ0) is 19.5. The monoisotopic (exact) mass is 414 g/mol. The van der Waals surface area contributed by atoms with Gasteiger partial charge in [-0.25, -0.2) is 0 Å². The number of nitrogens with one attached hydrogen (secondary N) is 2. The lowest BCUT2D eigenvalue weighted by Crippen LogP contribution is -2.31. The third-order valence-corrected chi connectivity index (χ3v) is 4.77. The fraction of sp³-hybridized carbons (Fsp3) is 0.286. The molecule has 1 aliphatic heterocycles. The molecule has 0 bridgehead atoms. The number of nitrogens with zero attached hydrogens (tertiary/aromatic N) is 2. The number of anilines is 1. The quantitative estimate of drug-likeness (QED) is 0.643. The van der Waals surface area contributed by atoms with Crippen molar-refractivity contribution in [2.75, 3.05) is 12.4 Å². The second kappa shape index (κ2) is 9.07. The van der Waals surface area contributed by atoms with E-state index in [1.165, 1.54) is 0 Å². The first-order chi connectivity index (χ1) is 13.6. The normalized spacial score (nSPS) is 15.7. The van der Waals surface area contributed by atoms with E-state index in [1.54, 1.807) is 0 Å². The average Bonchev–Trinajstić information content (AvgIpc) is 3.35. The number of carbonyl (C=O) groups is 1. The van der Waals surface area contributed by atoms with Crippen molar-refractivity contribution >= 4 is 24.0 Å². The number of fused-ring (bicyclic) bond motifs is 1. The molecule has 8 heteroatoms. The lowest BCUT2D eigenvalue weighted by atomic mass is 10.1. The highest BCUT2D eigenvalue weighted by molar-refractivity contribution is 5.95. The maximum Gasteiger partial charge on any atom is 0.265 e. The van der Waals surface area contributed by atoms with Crippen LogP contribution in [-0.4, -0.2) is 35.2 Å². The van der Waals surface area contributed by atoms with Crippen molar-refractivity contribution in [3.05, 3.63) is 59.9 Å². The summed E-state index contributed by atoms with van der Waals surface area (Å²) in [6, 6.07) is 15.3. The molecule has 4 rings (SSSR count). The molecule has 2 heterocycles. The number of amides is 1. The van der Waals surface area contributed by atoms with Crippen LogP contribution in [0.15, 0.2) is 53.1 Å². The highest BCUT2D eigenvalue weighted by atomic mass is 35.5. The van der Waals surface area contributed by atoms with Gasteiger partial charge in [0, 0.05) is 30.1 Å². The smallest absolute Gasteiger partial charge is 0.265 e. The molecule has 2 aromatic carbocycles. The van der Waals surface area contributed by atoms with Gasteiger partial charge in [-0.3, -0.25) is 4.79 Å². The number of hydrogen-bond donors (Lipinski definition) is 2. The molecule has 152 valence electrons. The molecular formula is C21H23ClN4O3. The van der Waals surface area contributed by atoms with Gasteiger partial charge >= 0.3 is 0 Å². The molecule has 0 saturated carbocycles. The zero-order valence-electron chi connectivity index (χ0n) is 16.2. The highest BCUT2D eigenvalue weighted by Crippen LogP contribution is 2.29. The molecule has 1 aromatic heterocycles. The van der Waals surface area contributed by atoms with Crippen LogP contribution in [0.1, 0.15) is 18.3 Å². The predicted octanol–water partition coefficient (Wildman–Crippen LogP) is 3.25. The Morgan fingerprint density at radius 3 is 2.86 bits per heavy atom. The van der Waals surface area contributed by atoms with Gasteiger partial charge < -0.3 is 19.9 Å². The van der Waals surface area contributed by atoms with Crippen LogP contribution >= 0.6 is 12.4 Å². The molecule has 0 spiro atoms. The molecule has 0 fully saturated rings. The summed E-state index contributed by atoms with van der Waals surface area (Å²) in [4.78, 5) is 17.0. The molecule has 0 saturated heterocycles. The van der Waals surface area contributed by atoms with Crippen LogP contribution in [-0.2, 0) is 17.6 Å². The van der Waals surface area contributed by atoms with Crippen LogP contribution in [0.3, 0.4) is 0 Å². The Kier molecular flexibility index (Phi) is 6.51. The minimum atomic E-state index is -0.529. The fourth-order valence-electron chi connectivity index (χ4n) is 3.11. The summed E-state index contributed by atoms with van der Waals surface area (Å²) in [5, 5.41) is 10.1. The largest absolute Gasteiger partial charge is 0.480 e. The van der Waals surface area contributed by atoms with E-state index in [9.17, 15) is 4.79 Å². The number of halogens is 1. The minimum absolute atomic E-state index is 0. The van der Waals surface area contributed by atoms with Gasteiger partial charge in [0.25, 0.3) is 11.8 Å². The summed E-state index contributed by atoms with van der Waals surface area (Å²) >= 11 is 0. The Labute approximate surface area is 175 Å². The molecule has 3 aromatic rings. The Balaban J connectivity index is 0.00000240. The Morgan fingerprint density at radius 2 is 2.07 bits per heavy atom. The Morgan fingerprint density at radius 1 is 1.24 bits per heavy atom. The standard InChI is InChI=1S/C21H22N4O3.ClH/c1-13(22-2)10-19-24-21(28-25-19)15-7-5-8-16(11-15)23-20(26)18-12-14-6-3-4-9-17(14)27-18;/h3-9,11,13,18,22H,10,12H2,1-2H3,(H,23,26);1H. The van der Waals surface area contributed by atoms with Crippen molar-refractivity contribution in [2.45, 2.75) is 31.9 Å². The van der Waals surface area contributed by atoms with Gasteiger partial charge in [0.2, 0.25) is 0 Å². The first-order valence-corrected chi connectivity index (χ1v) is 9.28. The Hall–Kier alpha value is -2.90. The highest BCUT2D eigenvalue weighted by Gasteiger charge is 2.28. The molecule has 1 amide bonds.